The summed E-state index contributed by atoms with van der Waals surface area (Å²) in [4.78, 5) is 17.4. The van der Waals surface area contributed by atoms with Gasteiger partial charge in [-0.25, -0.2) is 4.79 Å². The van der Waals surface area contributed by atoms with Crippen LogP contribution in [-0.4, -0.2) is 47.4 Å². The number of carbonyl (C=O) groups is 1. The fourth-order valence-electron chi connectivity index (χ4n) is 4.28. The lowest BCUT2D eigenvalue weighted by atomic mass is 9.96. The van der Waals surface area contributed by atoms with E-state index in [1.54, 1.807) is 32.9 Å². The molecule has 41 heavy (non-hydrogen) atoms. The Balaban J connectivity index is 1.42. The highest BCUT2D eigenvalue weighted by atomic mass is 35.5. The second kappa shape index (κ2) is 11.0. The minimum absolute atomic E-state index is 0.130. The van der Waals surface area contributed by atoms with Gasteiger partial charge >= 0.3 is 6.09 Å². The number of nitrogens with zero attached hydrogens (tertiary/aromatic N) is 2. The molecule has 1 saturated heterocycles. The summed E-state index contributed by atoms with van der Waals surface area (Å²) in [6, 6.07) is 12.8. The normalized spacial score (nSPS) is 16.5. The van der Waals surface area contributed by atoms with Gasteiger partial charge in [-0.3, -0.25) is 0 Å². The van der Waals surface area contributed by atoms with Crippen LogP contribution in [0.1, 0.15) is 53.7 Å². The smallest absolute Gasteiger partial charge is 0.408 e. The van der Waals surface area contributed by atoms with Crippen LogP contribution in [0.3, 0.4) is 0 Å². The monoisotopic (exact) mass is 583 g/mol. The number of nitrogens with one attached hydrogen (secondary N) is 1. The number of benzene rings is 2. The van der Waals surface area contributed by atoms with Gasteiger partial charge in [-0.05, 0) is 71.4 Å². The van der Waals surface area contributed by atoms with Gasteiger partial charge in [0.25, 0.3) is 5.89 Å². The molecule has 1 fully saturated rings. The standard InChI is InChI=1S/C30H34ClN3O7/c1-7-12-36-22-11-10-20(13-21(22)31)26-32-25(34-41-26)19-9-8-18-15-24(39-23(18)14-19)30(16-37-29(5,6)38-17-30)33-27(35)40-28(2,3)4/h8-11,13-15H,7,12,16-17H2,1-6H3,(H,33,35). The number of hydrogen-bond donors (Lipinski definition) is 1. The Morgan fingerprint density at radius 3 is 2.49 bits per heavy atom. The maximum atomic E-state index is 12.8. The van der Waals surface area contributed by atoms with Gasteiger partial charge in [-0.1, -0.05) is 35.8 Å². The van der Waals surface area contributed by atoms with Gasteiger partial charge in [0.1, 0.15) is 28.2 Å². The lowest BCUT2D eigenvalue weighted by Crippen LogP contribution is -2.59. The van der Waals surface area contributed by atoms with Gasteiger partial charge in [-0.15, -0.1) is 0 Å². The molecule has 0 aliphatic carbocycles. The van der Waals surface area contributed by atoms with Crippen LogP contribution < -0.4 is 10.1 Å². The van der Waals surface area contributed by atoms with Crippen LogP contribution in [-0.2, 0) is 19.7 Å². The molecule has 0 saturated carbocycles. The summed E-state index contributed by atoms with van der Waals surface area (Å²) in [7, 11) is 0. The average Bonchev–Trinajstić information content (AvgIpc) is 3.56. The molecule has 4 aromatic rings. The molecular formula is C30H34ClN3O7. The Labute approximate surface area is 243 Å². The Hall–Kier alpha value is -3.60. The predicted molar refractivity (Wildman–Crippen MR) is 153 cm³/mol. The molecule has 1 amide bonds. The second-order valence-electron chi connectivity index (χ2n) is 11.5. The quantitative estimate of drug-likeness (QED) is 0.243. The van der Waals surface area contributed by atoms with E-state index in [4.69, 9.17) is 39.5 Å². The van der Waals surface area contributed by atoms with Crippen LogP contribution in [0.4, 0.5) is 4.79 Å². The second-order valence-corrected chi connectivity index (χ2v) is 11.9. The maximum absolute atomic E-state index is 12.8. The molecular weight excluding hydrogens is 550 g/mol. The van der Waals surface area contributed by atoms with Crippen molar-refractivity contribution >= 4 is 28.7 Å². The minimum Gasteiger partial charge on any atom is -0.492 e. The number of furan rings is 1. The zero-order valence-electron chi connectivity index (χ0n) is 24.0. The van der Waals surface area contributed by atoms with Crippen LogP contribution in [0.2, 0.25) is 5.02 Å². The number of fused-ring (bicyclic) bond motifs is 1. The minimum atomic E-state index is -1.09. The van der Waals surface area contributed by atoms with Crippen molar-refractivity contribution in [2.45, 2.75) is 64.9 Å². The SMILES string of the molecule is CCCOc1ccc(-c2nc(-c3ccc4cc(C5(NC(=O)OC(C)(C)C)COC(C)(C)OC5)oc4c3)no2)cc1Cl. The third kappa shape index (κ3) is 6.50. The largest absolute Gasteiger partial charge is 0.492 e. The highest BCUT2D eigenvalue weighted by Gasteiger charge is 2.46. The zero-order chi connectivity index (χ0) is 29.4. The van der Waals surface area contributed by atoms with Crippen molar-refractivity contribution in [2.24, 2.45) is 0 Å². The van der Waals surface area contributed by atoms with E-state index in [9.17, 15) is 4.79 Å². The van der Waals surface area contributed by atoms with Crippen molar-refractivity contribution in [1.82, 2.24) is 15.5 Å². The van der Waals surface area contributed by atoms with E-state index in [1.807, 2.05) is 51.1 Å². The van der Waals surface area contributed by atoms with Gasteiger partial charge in [0.2, 0.25) is 5.82 Å². The van der Waals surface area contributed by atoms with E-state index in [2.05, 4.69) is 15.5 Å². The summed E-state index contributed by atoms with van der Waals surface area (Å²) in [5.41, 5.74) is 0.161. The topological polar surface area (TPSA) is 118 Å². The lowest BCUT2D eigenvalue weighted by molar-refractivity contribution is -0.274. The summed E-state index contributed by atoms with van der Waals surface area (Å²) in [5, 5.41) is 8.37. The van der Waals surface area contributed by atoms with E-state index in [0.29, 0.717) is 51.6 Å². The van der Waals surface area contributed by atoms with Crippen LogP contribution in [0, 0.1) is 0 Å². The van der Waals surface area contributed by atoms with Crippen LogP contribution in [0.25, 0.3) is 33.8 Å². The molecule has 1 aliphatic heterocycles. The van der Waals surface area contributed by atoms with E-state index in [0.717, 1.165) is 11.8 Å². The number of hydrogen-bond acceptors (Lipinski definition) is 9. The first-order valence-corrected chi connectivity index (χ1v) is 13.8. The number of rotatable bonds is 7. The summed E-state index contributed by atoms with van der Waals surface area (Å²) in [5.74, 6) is 0.979. The Morgan fingerprint density at radius 1 is 1.07 bits per heavy atom. The molecule has 2 aromatic heterocycles. The third-order valence-corrected chi connectivity index (χ3v) is 6.68. The molecule has 1 N–H and O–H groups in total. The van der Waals surface area contributed by atoms with Gasteiger partial charge < -0.3 is 33.2 Å². The van der Waals surface area contributed by atoms with Crippen molar-refractivity contribution in [1.29, 1.82) is 0 Å². The van der Waals surface area contributed by atoms with Gasteiger partial charge in [-0.2, -0.15) is 4.98 Å². The van der Waals surface area contributed by atoms with Gasteiger partial charge in [0.05, 0.1) is 24.8 Å². The molecule has 0 atom stereocenters. The molecule has 0 unspecified atom stereocenters. The fraction of sp³-hybridized carbons (Fsp3) is 0.433. The van der Waals surface area contributed by atoms with Crippen LogP contribution in [0.5, 0.6) is 5.75 Å². The lowest BCUT2D eigenvalue weighted by Gasteiger charge is -2.42. The highest BCUT2D eigenvalue weighted by molar-refractivity contribution is 6.32. The Morgan fingerprint density at radius 2 is 1.80 bits per heavy atom. The first kappa shape index (κ1) is 28.9. The highest BCUT2D eigenvalue weighted by Crippen LogP contribution is 2.36. The Kier molecular flexibility index (Phi) is 7.76. The van der Waals surface area contributed by atoms with Crippen molar-refractivity contribution in [3.05, 3.63) is 53.2 Å². The number of halogens is 1. The summed E-state index contributed by atoms with van der Waals surface area (Å²) in [6.07, 6.45) is 0.281. The number of amides is 1. The van der Waals surface area contributed by atoms with E-state index < -0.39 is 23.0 Å². The van der Waals surface area contributed by atoms with E-state index in [1.165, 1.54) is 0 Å². The molecule has 2 aromatic carbocycles. The molecule has 0 spiro atoms. The first-order chi connectivity index (χ1) is 19.4. The molecule has 5 rings (SSSR count). The van der Waals surface area contributed by atoms with Crippen LogP contribution in [0.15, 0.2) is 51.4 Å². The van der Waals surface area contributed by atoms with Crippen molar-refractivity contribution in [3.8, 4) is 28.6 Å². The number of alkyl carbamates (subject to hydrolysis) is 1. The molecule has 1 aliphatic rings. The predicted octanol–water partition coefficient (Wildman–Crippen LogP) is 7.09. The number of carbonyl (C=O) groups excluding carboxylic acids is 1. The summed E-state index contributed by atoms with van der Waals surface area (Å²) >= 11 is 6.38. The molecule has 218 valence electrons. The number of ether oxygens (including phenoxy) is 4. The summed E-state index contributed by atoms with van der Waals surface area (Å²) < 4.78 is 34.8. The van der Waals surface area contributed by atoms with Gasteiger partial charge in [0.15, 0.2) is 5.79 Å². The Bertz CT molecular complexity index is 1540. The van der Waals surface area contributed by atoms with E-state index in [-0.39, 0.29) is 13.2 Å². The molecule has 0 radical (unpaired) electrons. The van der Waals surface area contributed by atoms with Crippen LogP contribution >= 0.6 is 11.6 Å². The maximum Gasteiger partial charge on any atom is 0.408 e. The first-order valence-electron chi connectivity index (χ1n) is 13.5. The fourth-order valence-corrected chi connectivity index (χ4v) is 4.51. The third-order valence-electron chi connectivity index (χ3n) is 6.39. The van der Waals surface area contributed by atoms with E-state index >= 15 is 0 Å². The average molecular weight is 584 g/mol. The number of aromatic nitrogens is 2. The van der Waals surface area contributed by atoms with Gasteiger partial charge in [0, 0.05) is 16.5 Å². The van der Waals surface area contributed by atoms with Crippen molar-refractivity contribution in [2.75, 3.05) is 19.8 Å². The summed E-state index contributed by atoms with van der Waals surface area (Å²) in [6.45, 7) is 11.9. The van der Waals surface area contributed by atoms with Crippen molar-refractivity contribution < 1.29 is 32.7 Å². The molecule has 0 bridgehead atoms. The molecule has 10 nitrogen and oxygen atoms in total. The van der Waals surface area contributed by atoms with Crippen molar-refractivity contribution in [3.63, 3.8) is 0 Å². The zero-order valence-corrected chi connectivity index (χ0v) is 24.8. The molecule has 11 heteroatoms. The molecule has 3 heterocycles.